The van der Waals surface area contributed by atoms with E-state index in [0.717, 1.165) is 18.6 Å². The van der Waals surface area contributed by atoms with Gasteiger partial charge in [-0.05, 0) is 30.7 Å². The second kappa shape index (κ2) is 6.62. The van der Waals surface area contributed by atoms with E-state index in [0.29, 0.717) is 18.8 Å². The van der Waals surface area contributed by atoms with E-state index < -0.39 is 24.3 Å². The van der Waals surface area contributed by atoms with E-state index in [1.165, 1.54) is 12.1 Å². The van der Waals surface area contributed by atoms with Crippen LogP contribution in [0.2, 0.25) is 0 Å². The Kier molecular flexibility index (Phi) is 5.05. The lowest BCUT2D eigenvalue weighted by atomic mass is 10.1. The minimum atomic E-state index is -4.36. The highest BCUT2D eigenvalue weighted by molar-refractivity contribution is 5.48. The van der Waals surface area contributed by atoms with Crippen molar-refractivity contribution in [2.45, 2.75) is 32.1 Å². The predicted molar refractivity (Wildman–Crippen MR) is 71.7 cm³/mol. The summed E-state index contributed by atoms with van der Waals surface area (Å²) in [5, 5.41) is 2.91. The molecule has 0 spiro atoms. The SMILES string of the molecule is CCCN(c1ccc(C(F)(F)F)cc1)C1CNCC(F)O1. The molecule has 1 aliphatic rings. The molecule has 2 atom stereocenters. The van der Waals surface area contributed by atoms with Gasteiger partial charge in [0, 0.05) is 18.8 Å². The third-order valence-corrected chi connectivity index (χ3v) is 3.27. The first-order chi connectivity index (χ1) is 9.91. The van der Waals surface area contributed by atoms with Crippen molar-refractivity contribution >= 4 is 5.69 Å². The zero-order chi connectivity index (χ0) is 15.5. The molecule has 0 amide bonds. The van der Waals surface area contributed by atoms with Crippen molar-refractivity contribution in [2.75, 3.05) is 24.5 Å². The van der Waals surface area contributed by atoms with Crippen molar-refractivity contribution in [1.82, 2.24) is 5.32 Å². The lowest BCUT2D eigenvalue weighted by molar-refractivity contribution is -0.137. The molecule has 0 aliphatic carbocycles. The summed E-state index contributed by atoms with van der Waals surface area (Å²) in [6, 6.07) is 4.84. The fourth-order valence-corrected chi connectivity index (χ4v) is 2.29. The van der Waals surface area contributed by atoms with Crippen molar-refractivity contribution in [1.29, 1.82) is 0 Å². The first-order valence-corrected chi connectivity index (χ1v) is 6.86. The number of morpholine rings is 1. The third-order valence-electron chi connectivity index (χ3n) is 3.27. The van der Waals surface area contributed by atoms with Gasteiger partial charge in [0.15, 0.2) is 0 Å². The topological polar surface area (TPSA) is 24.5 Å². The standard InChI is InChI=1S/C14H18F4N2O/c1-2-7-20(13-9-19-8-12(15)21-13)11-5-3-10(4-6-11)14(16,17)18/h3-6,12-13,19H,2,7-9H2,1H3. The minimum absolute atomic E-state index is 0.128. The highest BCUT2D eigenvalue weighted by Gasteiger charge is 2.31. The molecule has 1 aromatic rings. The van der Waals surface area contributed by atoms with E-state index in [1.54, 1.807) is 4.90 Å². The number of hydrogen-bond donors (Lipinski definition) is 1. The molecule has 1 saturated heterocycles. The summed E-state index contributed by atoms with van der Waals surface area (Å²) in [6.07, 6.45) is -5.51. The van der Waals surface area contributed by atoms with Gasteiger partial charge in [-0.1, -0.05) is 6.92 Å². The van der Waals surface area contributed by atoms with Gasteiger partial charge in [0.25, 0.3) is 0 Å². The average Bonchev–Trinajstić information content (AvgIpc) is 2.44. The van der Waals surface area contributed by atoms with Crippen LogP contribution in [0.15, 0.2) is 24.3 Å². The molecule has 0 radical (unpaired) electrons. The Labute approximate surface area is 120 Å². The summed E-state index contributed by atoms with van der Waals surface area (Å²) in [5.41, 5.74) is -0.112. The predicted octanol–water partition coefficient (Wildman–Crippen LogP) is 3.16. The number of anilines is 1. The Balaban J connectivity index is 2.17. The summed E-state index contributed by atoms with van der Waals surface area (Å²) in [6.45, 7) is 3.08. The van der Waals surface area contributed by atoms with Gasteiger partial charge in [0.2, 0.25) is 6.36 Å². The van der Waals surface area contributed by atoms with Crippen LogP contribution < -0.4 is 10.2 Å². The summed E-state index contributed by atoms with van der Waals surface area (Å²) >= 11 is 0. The number of alkyl halides is 4. The lowest BCUT2D eigenvalue weighted by Gasteiger charge is -2.37. The van der Waals surface area contributed by atoms with Crippen LogP contribution in [0, 0.1) is 0 Å². The summed E-state index contributed by atoms with van der Waals surface area (Å²) < 4.78 is 56.3. The van der Waals surface area contributed by atoms with E-state index in [-0.39, 0.29) is 6.54 Å². The number of hydrogen-bond acceptors (Lipinski definition) is 3. The Morgan fingerprint density at radius 1 is 1.24 bits per heavy atom. The second-order valence-electron chi connectivity index (χ2n) is 4.90. The Morgan fingerprint density at radius 3 is 2.43 bits per heavy atom. The molecule has 1 aliphatic heterocycles. The Hall–Kier alpha value is -1.34. The van der Waals surface area contributed by atoms with Crippen molar-refractivity contribution in [2.24, 2.45) is 0 Å². The van der Waals surface area contributed by atoms with Crippen LogP contribution in [-0.4, -0.2) is 32.2 Å². The molecule has 0 saturated carbocycles. The highest BCUT2D eigenvalue weighted by atomic mass is 19.4. The molecule has 0 bridgehead atoms. The maximum atomic E-state index is 13.3. The number of nitrogens with zero attached hydrogens (tertiary/aromatic N) is 1. The molecular weight excluding hydrogens is 288 g/mol. The van der Waals surface area contributed by atoms with E-state index in [2.05, 4.69) is 5.32 Å². The molecule has 3 nitrogen and oxygen atoms in total. The number of nitrogens with one attached hydrogen (secondary N) is 1. The van der Waals surface area contributed by atoms with Crippen LogP contribution in [-0.2, 0) is 10.9 Å². The fourth-order valence-electron chi connectivity index (χ4n) is 2.29. The van der Waals surface area contributed by atoms with Crippen molar-refractivity contribution in [3.05, 3.63) is 29.8 Å². The van der Waals surface area contributed by atoms with Gasteiger partial charge < -0.3 is 15.0 Å². The summed E-state index contributed by atoms with van der Waals surface area (Å²) in [5.74, 6) is 0. The van der Waals surface area contributed by atoms with E-state index in [1.807, 2.05) is 6.92 Å². The molecule has 118 valence electrons. The van der Waals surface area contributed by atoms with Crippen LogP contribution in [0.25, 0.3) is 0 Å². The zero-order valence-electron chi connectivity index (χ0n) is 11.7. The largest absolute Gasteiger partial charge is 0.416 e. The number of halogens is 4. The first-order valence-electron chi connectivity index (χ1n) is 6.86. The van der Waals surface area contributed by atoms with Crippen molar-refractivity contribution < 1.29 is 22.3 Å². The Bertz CT molecular complexity index is 449. The third kappa shape index (κ3) is 4.07. The Morgan fingerprint density at radius 2 is 1.90 bits per heavy atom. The van der Waals surface area contributed by atoms with Crippen LogP contribution in [0.5, 0.6) is 0 Å². The van der Waals surface area contributed by atoms with Crippen LogP contribution >= 0.6 is 0 Å². The van der Waals surface area contributed by atoms with Gasteiger partial charge in [-0.25, -0.2) is 4.39 Å². The maximum Gasteiger partial charge on any atom is 0.416 e. The minimum Gasteiger partial charge on any atom is -0.345 e. The molecule has 2 rings (SSSR count). The summed E-state index contributed by atoms with van der Waals surface area (Å²) in [7, 11) is 0. The number of benzene rings is 1. The van der Waals surface area contributed by atoms with E-state index in [4.69, 9.17) is 4.74 Å². The van der Waals surface area contributed by atoms with Gasteiger partial charge in [-0.2, -0.15) is 13.2 Å². The first kappa shape index (κ1) is 16.0. The normalized spacial score (nSPS) is 23.1. The molecule has 1 fully saturated rings. The molecular formula is C14H18F4N2O. The molecule has 21 heavy (non-hydrogen) atoms. The quantitative estimate of drug-likeness (QED) is 0.865. The van der Waals surface area contributed by atoms with Crippen molar-refractivity contribution in [3.8, 4) is 0 Å². The van der Waals surface area contributed by atoms with Gasteiger partial charge in [0.1, 0.15) is 6.23 Å². The van der Waals surface area contributed by atoms with E-state index in [9.17, 15) is 17.6 Å². The number of rotatable bonds is 4. The summed E-state index contributed by atoms with van der Waals surface area (Å²) in [4.78, 5) is 1.78. The van der Waals surface area contributed by atoms with Crippen molar-refractivity contribution in [3.63, 3.8) is 0 Å². The molecule has 2 unspecified atom stereocenters. The fraction of sp³-hybridized carbons (Fsp3) is 0.571. The van der Waals surface area contributed by atoms with Gasteiger partial charge in [-0.15, -0.1) is 0 Å². The lowest BCUT2D eigenvalue weighted by Crippen LogP contribution is -2.52. The zero-order valence-corrected chi connectivity index (χ0v) is 11.7. The molecule has 1 heterocycles. The highest BCUT2D eigenvalue weighted by Crippen LogP contribution is 2.31. The smallest absolute Gasteiger partial charge is 0.345 e. The molecule has 1 N–H and O–H groups in total. The molecule has 1 aromatic carbocycles. The van der Waals surface area contributed by atoms with Crippen LogP contribution in [0.4, 0.5) is 23.2 Å². The van der Waals surface area contributed by atoms with Crippen LogP contribution in [0.1, 0.15) is 18.9 Å². The monoisotopic (exact) mass is 306 g/mol. The van der Waals surface area contributed by atoms with Gasteiger partial charge in [0.05, 0.1) is 12.1 Å². The van der Waals surface area contributed by atoms with E-state index >= 15 is 0 Å². The van der Waals surface area contributed by atoms with Gasteiger partial charge in [-0.3, -0.25) is 0 Å². The van der Waals surface area contributed by atoms with Crippen LogP contribution in [0.3, 0.4) is 0 Å². The number of ether oxygens (including phenoxy) is 1. The molecule has 0 aromatic heterocycles. The average molecular weight is 306 g/mol. The second-order valence-corrected chi connectivity index (χ2v) is 4.90. The van der Waals surface area contributed by atoms with Gasteiger partial charge >= 0.3 is 6.18 Å². The molecule has 7 heteroatoms. The maximum absolute atomic E-state index is 13.3.